The van der Waals surface area contributed by atoms with Gasteiger partial charge in [-0.05, 0) is 62.1 Å². The molecule has 5 aromatic rings. The highest BCUT2D eigenvalue weighted by molar-refractivity contribution is 7.16. The van der Waals surface area contributed by atoms with Crippen LogP contribution in [0.25, 0.3) is 32.3 Å². The zero-order valence-corrected chi connectivity index (χ0v) is 16.8. The van der Waals surface area contributed by atoms with Crippen molar-refractivity contribution < 1.29 is 14.2 Å². The summed E-state index contributed by atoms with van der Waals surface area (Å²) in [6.07, 6.45) is 0.919. The van der Waals surface area contributed by atoms with Crippen LogP contribution < -0.4 is 4.74 Å². The fraction of sp³-hybridized carbons (Fsp3) is 0.0400. The van der Waals surface area contributed by atoms with Gasteiger partial charge in [0.25, 0.3) is 0 Å². The SMILES string of the molecule is O=[PH2]O.c1ccc2c(c1)Cc1c(ccc3c1ccc1cc4ccccc4cc13)O2. The average Bonchev–Trinajstić information content (AvgIpc) is 2.76. The van der Waals surface area contributed by atoms with Gasteiger partial charge in [-0.15, -0.1) is 0 Å². The second kappa shape index (κ2) is 7.36. The summed E-state index contributed by atoms with van der Waals surface area (Å²) in [5, 5.41) is 7.76. The summed E-state index contributed by atoms with van der Waals surface area (Å²) in [5.74, 6) is 1.96. The molecule has 142 valence electrons. The van der Waals surface area contributed by atoms with Crippen molar-refractivity contribution in [2.24, 2.45) is 0 Å². The molecule has 0 spiro atoms. The molecule has 6 rings (SSSR count). The Hall–Kier alpha value is -3.13. The molecule has 0 aromatic heterocycles. The topological polar surface area (TPSA) is 46.5 Å². The molecule has 1 N–H and O–H groups in total. The van der Waals surface area contributed by atoms with Crippen LogP contribution in [-0.4, -0.2) is 4.89 Å². The Morgan fingerprint density at radius 3 is 2.21 bits per heavy atom. The van der Waals surface area contributed by atoms with Crippen LogP contribution in [0.15, 0.2) is 84.9 Å². The van der Waals surface area contributed by atoms with Gasteiger partial charge in [-0.2, -0.15) is 0 Å². The van der Waals surface area contributed by atoms with E-state index >= 15 is 0 Å². The molecule has 0 aliphatic carbocycles. The fourth-order valence-electron chi connectivity index (χ4n) is 4.21. The van der Waals surface area contributed by atoms with Gasteiger partial charge in [-0.25, -0.2) is 0 Å². The highest BCUT2D eigenvalue weighted by atomic mass is 31.1. The van der Waals surface area contributed by atoms with E-state index in [2.05, 4.69) is 78.9 Å². The summed E-state index contributed by atoms with van der Waals surface area (Å²) in [4.78, 5) is 7.10. The van der Waals surface area contributed by atoms with E-state index in [1.807, 2.05) is 6.07 Å². The molecule has 0 saturated heterocycles. The monoisotopic (exact) mass is 398 g/mol. The third-order valence-electron chi connectivity index (χ3n) is 5.51. The van der Waals surface area contributed by atoms with Crippen LogP contribution >= 0.6 is 8.69 Å². The first kappa shape index (κ1) is 17.9. The van der Waals surface area contributed by atoms with Crippen LogP contribution in [0, 0.1) is 0 Å². The summed E-state index contributed by atoms with van der Waals surface area (Å²) in [5.41, 5.74) is 2.54. The molecule has 0 amide bonds. The molecule has 1 aliphatic rings. The van der Waals surface area contributed by atoms with Crippen molar-refractivity contribution in [2.45, 2.75) is 6.42 Å². The van der Waals surface area contributed by atoms with E-state index in [0.717, 1.165) is 17.9 Å². The Balaban J connectivity index is 0.000000573. The number of fused-ring (bicyclic) bond motifs is 7. The quantitative estimate of drug-likeness (QED) is 0.181. The van der Waals surface area contributed by atoms with Crippen molar-refractivity contribution in [1.82, 2.24) is 0 Å². The van der Waals surface area contributed by atoms with Gasteiger partial charge in [0, 0.05) is 12.0 Å². The predicted octanol–water partition coefficient (Wildman–Crippen LogP) is 6.49. The molecule has 4 heteroatoms. The van der Waals surface area contributed by atoms with Crippen LogP contribution in [0.4, 0.5) is 0 Å². The lowest BCUT2D eigenvalue weighted by Gasteiger charge is -2.22. The third kappa shape index (κ3) is 3.09. The molecule has 0 saturated carbocycles. The molecule has 1 heterocycles. The van der Waals surface area contributed by atoms with Crippen molar-refractivity contribution in [1.29, 1.82) is 0 Å². The predicted molar refractivity (Wildman–Crippen MR) is 121 cm³/mol. The normalized spacial score (nSPS) is 12.4. The molecule has 0 fully saturated rings. The van der Waals surface area contributed by atoms with Crippen molar-refractivity contribution in [3.63, 3.8) is 0 Å². The number of benzene rings is 5. The maximum absolute atomic E-state index is 8.57. The van der Waals surface area contributed by atoms with Crippen LogP contribution in [0.3, 0.4) is 0 Å². The van der Waals surface area contributed by atoms with Gasteiger partial charge >= 0.3 is 0 Å². The number of hydrogen-bond donors (Lipinski definition) is 1. The van der Waals surface area contributed by atoms with Crippen molar-refractivity contribution in [3.8, 4) is 11.5 Å². The molecule has 0 bridgehead atoms. The van der Waals surface area contributed by atoms with Gasteiger partial charge < -0.3 is 9.63 Å². The van der Waals surface area contributed by atoms with E-state index in [0.29, 0.717) is 0 Å². The standard InChI is InChI=1S/C25H16O.H3O2P/c1-2-6-17-14-22-18(13-16(17)5-1)9-10-21-20(22)11-12-25-23(21)15-19-7-3-4-8-24(19)26-25;1-3-2/h1-14H,15H2;3H2,(H,1,2). The summed E-state index contributed by atoms with van der Waals surface area (Å²) in [7, 11) is -1.50. The minimum absolute atomic E-state index is 0.919. The summed E-state index contributed by atoms with van der Waals surface area (Å²) in [6.45, 7) is 0. The Kier molecular flexibility index (Phi) is 4.55. The van der Waals surface area contributed by atoms with Gasteiger partial charge in [-0.1, -0.05) is 60.7 Å². The second-order valence-electron chi connectivity index (χ2n) is 7.12. The lowest BCUT2D eigenvalue weighted by molar-refractivity contribution is 0.461. The molecule has 29 heavy (non-hydrogen) atoms. The van der Waals surface area contributed by atoms with E-state index in [1.165, 1.54) is 43.4 Å². The highest BCUT2D eigenvalue weighted by Gasteiger charge is 2.19. The molecular weight excluding hydrogens is 379 g/mol. The van der Waals surface area contributed by atoms with Gasteiger partial charge in [0.05, 0.1) is 0 Å². The minimum Gasteiger partial charge on any atom is -0.457 e. The fourth-order valence-corrected chi connectivity index (χ4v) is 4.21. The van der Waals surface area contributed by atoms with Crippen LogP contribution in [-0.2, 0) is 11.0 Å². The number of para-hydroxylation sites is 1. The Morgan fingerprint density at radius 2 is 1.38 bits per heavy atom. The van der Waals surface area contributed by atoms with Crippen LogP contribution in [0.5, 0.6) is 11.5 Å². The summed E-state index contributed by atoms with van der Waals surface area (Å²) >= 11 is 0. The van der Waals surface area contributed by atoms with E-state index in [1.54, 1.807) is 0 Å². The first-order valence-electron chi connectivity index (χ1n) is 9.49. The third-order valence-corrected chi connectivity index (χ3v) is 5.51. The zero-order chi connectivity index (χ0) is 19.8. The van der Waals surface area contributed by atoms with Crippen LogP contribution in [0.2, 0.25) is 0 Å². The zero-order valence-electron chi connectivity index (χ0n) is 15.6. The van der Waals surface area contributed by atoms with Crippen LogP contribution in [0.1, 0.15) is 11.1 Å². The van der Waals surface area contributed by atoms with E-state index in [-0.39, 0.29) is 0 Å². The highest BCUT2D eigenvalue weighted by Crippen LogP contribution is 2.41. The second-order valence-corrected chi connectivity index (χ2v) is 7.33. The average molecular weight is 398 g/mol. The number of ether oxygens (including phenoxy) is 1. The van der Waals surface area contributed by atoms with E-state index in [9.17, 15) is 0 Å². The molecule has 1 atom stereocenters. The summed E-state index contributed by atoms with van der Waals surface area (Å²) < 4.78 is 14.7. The molecule has 3 nitrogen and oxygen atoms in total. The molecule has 1 unspecified atom stereocenters. The van der Waals surface area contributed by atoms with Gasteiger partial charge in [0.15, 0.2) is 8.69 Å². The Morgan fingerprint density at radius 1 is 0.690 bits per heavy atom. The maximum Gasteiger partial charge on any atom is 0.177 e. The maximum atomic E-state index is 8.57. The van der Waals surface area contributed by atoms with Gasteiger partial charge in [-0.3, -0.25) is 4.57 Å². The van der Waals surface area contributed by atoms with Crippen molar-refractivity contribution >= 4 is 41.0 Å². The molecule has 5 aromatic carbocycles. The van der Waals surface area contributed by atoms with Gasteiger partial charge in [0.1, 0.15) is 11.5 Å². The molecular formula is C25H19O3P. The lowest BCUT2D eigenvalue weighted by Crippen LogP contribution is -2.03. The molecule has 1 aliphatic heterocycles. The lowest BCUT2D eigenvalue weighted by atomic mass is 9.91. The van der Waals surface area contributed by atoms with Crippen molar-refractivity contribution in [3.05, 3.63) is 96.1 Å². The first-order valence-corrected chi connectivity index (χ1v) is 10.5. The summed E-state index contributed by atoms with van der Waals surface area (Å²) in [6, 6.07) is 30.3. The van der Waals surface area contributed by atoms with Gasteiger partial charge in [0.2, 0.25) is 0 Å². The smallest absolute Gasteiger partial charge is 0.177 e. The largest absolute Gasteiger partial charge is 0.457 e. The number of hydrogen-bond acceptors (Lipinski definition) is 2. The minimum atomic E-state index is -1.50. The number of rotatable bonds is 0. The molecule has 0 radical (unpaired) electrons. The van der Waals surface area contributed by atoms with E-state index in [4.69, 9.17) is 14.2 Å². The van der Waals surface area contributed by atoms with E-state index < -0.39 is 8.69 Å². The Bertz CT molecular complexity index is 1390. The Labute approximate surface area is 169 Å². The van der Waals surface area contributed by atoms with Crippen molar-refractivity contribution in [2.75, 3.05) is 0 Å². The first-order chi connectivity index (χ1) is 14.3.